The summed E-state index contributed by atoms with van der Waals surface area (Å²) in [6, 6.07) is 6.68. The van der Waals surface area contributed by atoms with Gasteiger partial charge in [-0.1, -0.05) is 55.7 Å². The first-order valence-corrected chi connectivity index (χ1v) is 8.32. The summed E-state index contributed by atoms with van der Waals surface area (Å²) < 4.78 is 1.25. The average molecular weight is 316 g/mol. The van der Waals surface area contributed by atoms with Crippen molar-refractivity contribution in [1.29, 1.82) is 0 Å². The first kappa shape index (κ1) is 14.0. The smallest absolute Gasteiger partial charge is 0.0971 e. The molecule has 0 fully saturated rings. The zero-order valence-electron chi connectivity index (χ0n) is 12.6. The van der Waals surface area contributed by atoms with Crippen LogP contribution in [0.2, 0.25) is 0 Å². The van der Waals surface area contributed by atoms with E-state index in [0.29, 0.717) is 0 Å². The molecule has 0 saturated heterocycles. The SMILES string of the molecule is C=Cc1sc2ccc(C3=C4C=CC=CC4N=CN3)cc2c1C=C. The molecule has 0 bridgehead atoms. The van der Waals surface area contributed by atoms with Gasteiger partial charge in [-0.15, -0.1) is 11.3 Å². The van der Waals surface area contributed by atoms with Gasteiger partial charge in [0, 0.05) is 20.5 Å². The van der Waals surface area contributed by atoms with Gasteiger partial charge in [-0.3, -0.25) is 4.99 Å². The lowest BCUT2D eigenvalue weighted by Gasteiger charge is -2.22. The van der Waals surface area contributed by atoms with Crippen LogP contribution < -0.4 is 5.32 Å². The lowest BCUT2D eigenvalue weighted by Crippen LogP contribution is -2.23. The molecule has 2 aliphatic rings. The first-order chi connectivity index (χ1) is 11.3. The summed E-state index contributed by atoms with van der Waals surface area (Å²) in [7, 11) is 0. The number of aliphatic imine (C=N–C) groups is 1. The van der Waals surface area contributed by atoms with Crippen LogP contribution in [0.1, 0.15) is 16.0 Å². The number of benzene rings is 1. The van der Waals surface area contributed by atoms with E-state index >= 15 is 0 Å². The number of rotatable bonds is 3. The number of fused-ring (bicyclic) bond motifs is 2. The Labute approximate surface area is 139 Å². The molecule has 0 radical (unpaired) electrons. The van der Waals surface area contributed by atoms with E-state index in [1.54, 1.807) is 17.7 Å². The summed E-state index contributed by atoms with van der Waals surface area (Å²) in [5.41, 5.74) is 4.65. The zero-order chi connectivity index (χ0) is 15.8. The van der Waals surface area contributed by atoms with Crippen LogP contribution in [0.4, 0.5) is 0 Å². The summed E-state index contributed by atoms with van der Waals surface area (Å²) in [4.78, 5) is 5.65. The van der Waals surface area contributed by atoms with E-state index in [9.17, 15) is 0 Å². The number of nitrogens with zero attached hydrogens (tertiary/aromatic N) is 1. The van der Waals surface area contributed by atoms with Crippen molar-refractivity contribution in [2.45, 2.75) is 6.04 Å². The minimum atomic E-state index is 0.108. The quantitative estimate of drug-likeness (QED) is 0.844. The summed E-state index contributed by atoms with van der Waals surface area (Å²) in [5, 5.41) is 4.54. The third-order valence-electron chi connectivity index (χ3n) is 4.16. The highest BCUT2D eigenvalue weighted by molar-refractivity contribution is 7.20. The molecular formula is C20H16N2S. The molecule has 1 atom stereocenters. The molecule has 0 saturated carbocycles. The van der Waals surface area contributed by atoms with Crippen molar-refractivity contribution in [2.24, 2.45) is 4.99 Å². The van der Waals surface area contributed by atoms with Crippen LogP contribution in [0.3, 0.4) is 0 Å². The summed E-state index contributed by atoms with van der Waals surface area (Å²) in [6.45, 7) is 7.87. The van der Waals surface area contributed by atoms with E-state index in [0.717, 1.165) is 11.3 Å². The van der Waals surface area contributed by atoms with Gasteiger partial charge in [0.2, 0.25) is 0 Å². The fourth-order valence-corrected chi connectivity index (χ4v) is 4.10. The molecule has 2 aromatic rings. The second kappa shape index (κ2) is 5.52. The maximum absolute atomic E-state index is 4.48. The van der Waals surface area contributed by atoms with E-state index in [-0.39, 0.29) is 6.04 Å². The topological polar surface area (TPSA) is 24.4 Å². The van der Waals surface area contributed by atoms with Gasteiger partial charge in [0.1, 0.15) is 0 Å². The van der Waals surface area contributed by atoms with E-state index in [1.165, 1.54) is 26.1 Å². The molecule has 1 aromatic heterocycles. The maximum Gasteiger partial charge on any atom is 0.0971 e. The first-order valence-electron chi connectivity index (χ1n) is 7.51. The van der Waals surface area contributed by atoms with Crippen LogP contribution >= 0.6 is 11.3 Å². The molecule has 0 spiro atoms. The third kappa shape index (κ3) is 2.21. The van der Waals surface area contributed by atoms with Gasteiger partial charge in [-0.25, -0.2) is 0 Å². The molecule has 3 heteroatoms. The Kier molecular flexibility index (Phi) is 3.36. The fourth-order valence-electron chi connectivity index (χ4n) is 3.06. The Balaban J connectivity index is 1.91. The molecule has 2 nitrogen and oxygen atoms in total. The second-order valence-electron chi connectivity index (χ2n) is 5.44. The number of hydrogen-bond donors (Lipinski definition) is 1. The van der Waals surface area contributed by atoms with Crippen molar-refractivity contribution < 1.29 is 0 Å². The van der Waals surface area contributed by atoms with Gasteiger partial charge < -0.3 is 5.32 Å². The molecular weight excluding hydrogens is 300 g/mol. The van der Waals surface area contributed by atoms with Crippen LogP contribution in [-0.4, -0.2) is 12.4 Å². The highest BCUT2D eigenvalue weighted by atomic mass is 32.1. The van der Waals surface area contributed by atoms with Crippen molar-refractivity contribution in [3.63, 3.8) is 0 Å². The molecule has 0 amide bonds. The van der Waals surface area contributed by atoms with Crippen molar-refractivity contribution in [3.8, 4) is 0 Å². The Morgan fingerprint density at radius 3 is 2.91 bits per heavy atom. The fraction of sp³-hybridized carbons (Fsp3) is 0.0500. The summed E-state index contributed by atoms with van der Waals surface area (Å²) in [6.07, 6.45) is 13.9. The van der Waals surface area contributed by atoms with Gasteiger partial charge >= 0.3 is 0 Å². The third-order valence-corrected chi connectivity index (χ3v) is 5.35. The van der Waals surface area contributed by atoms with E-state index in [2.05, 4.69) is 59.9 Å². The lowest BCUT2D eigenvalue weighted by molar-refractivity contribution is 0.939. The largest absolute Gasteiger partial charge is 0.346 e. The van der Waals surface area contributed by atoms with Crippen LogP contribution in [0.15, 0.2) is 66.2 Å². The number of allylic oxidation sites excluding steroid dienone is 2. The number of hydrogen-bond acceptors (Lipinski definition) is 3. The highest BCUT2D eigenvalue weighted by Gasteiger charge is 2.19. The monoisotopic (exact) mass is 316 g/mol. The summed E-state index contributed by atoms with van der Waals surface area (Å²) >= 11 is 1.75. The molecule has 1 aliphatic heterocycles. The van der Waals surface area contributed by atoms with Gasteiger partial charge in [-0.2, -0.15) is 0 Å². The zero-order valence-corrected chi connectivity index (χ0v) is 13.4. The predicted molar refractivity (Wildman–Crippen MR) is 103 cm³/mol. The molecule has 23 heavy (non-hydrogen) atoms. The molecule has 112 valence electrons. The number of thiophene rings is 1. The minimum absolute atomic E-state index is 0.108. The number of nitrogens with one attached hydrogen (secondary N) is 1. The van der Waals surface area contributed by atoms with E-state index in [1.807, 2.05) is 18.2 Å². The van der Waals surface area contributed by atoms with Crippen molar-refractivity contribution in [2.75, 3.05) is 0 Å². The van der Waals surface area contributed by atoms with Crippen molar-refractivity contribution in [3.05, 3.63) is 77.2 Å². The Hall–Kier alpha value is -2.65. The van der Waals surface area contributed by atoms with Gasteiger partial charge in [0.05, 0.1) is 18.1 Å². The average Bonchev–Trinajstić information content (AvgIpc) is 2.98. The second-order valence-corrected chi connectivity index (χ2v) is 6.52. The van der Waals surface area contributed by atoms with E-state index in [4.69, 9.17) is 0 Å². The maximum atomic E-state index is 4.48. The van der Waals surface area contributed by atoms with Crippen molar-refractivity contribution in [1.82, 2.24) is 5.32 Å². The lowest BCUT2D eigenvalue weighted by atomic mass is 9.95. The standard InChI is InChI=1S/C20H16N2S/c1-3-14-16-11-13(9-10-19(16)23-18(14)4-2)20-15-7-5-6-8-17(15)21-12-22-20/h3-12,17H,1-2H2,(H,21,22). The Morgan fingerprint density at radius 1 is 1.17 bits per heavy atom. The minimum Gasteiger partial charge on any atom is -0.346 e. The molecule has 4 rings (SSSR count). The molecule has 1 aromatic carbocycles. The highest BCUT2D eigenvalue weighted by Crippen LogP contribution is 2.36. The Morgan fingerprint density at radius 2 is 2.09 bits per heavy atom. The van der Waals surface area contributed by atoms with Gasteiger partial charge in [-0.05, 0) is 23.3 Å². The molecule has 1 unspecified atom stereocenters. The van der Waals surface area contributed by atoms with Gasteiger partial charge in [0.15, 0.2) is 0 Å². The summed E-state index contributed by atoms with van der Waals surface area (Å²) in [5.74, 6) is 0. The molecule has 1 N–H and O–H groups in total. The molecule has 1 aliphatic carbocycles. The van der Waals surface area contributed by atoms with Gasteiger partial charge in [0.25, 0.3) is 0 Å². The van der Waals surface area contributed by atoms with E-state index < -0.39 is 0 Å². The van der Waals surface area contributed by atoms with Crippen LogP contribution in [-0.2, 0) is 0 Å². The normalized spacial score (nSPS) is 18.9. The van der Waals surface area contributed by atoms with Crippen LogP contribution in [0.25, 0.3) is 27.9 Å². The van der Waals surface area contributed by atoms with Crippen LogP contribution in [0.5, 0.6) is 0 Å². The molecule has 2 heterocycles. The van der Waals surface area contributed by atoms with Crippen LogP contribution in [0, 0.1) is 0 Å². The predicted octanol–water partition coefficient (Wildman–Crippen LogP) is 5.02. The van der Waals surface area contributed by atoms with Crippen molar-refractivity contribution >= 4 is 45.6 Å². The Bertz CT molecular complexity index is 938.